The van der Waals surface area contributed by atoms with Crippen molar-refractivity contribution >= 4 is 39.4 Å². The minimum Gasteiger partial charge on any atom is -0.435 e. The predicted molar refractivity (Wildman–Crippen MR) is 298 cm³/mol. The monoisotopic (exact) mass is 1030 g/mol. The second-order valence-corrected chi connectivity index (χ2v) is 22.0. The van der Waals surface area contributed by atoms with Crippen LogP contribution < -0.4 is 28.7 Å². The average molecular weight is 1040 g/mol. The molecule has 2 fully saturated rings. The van der Waals surface area contributed by atoms with Gasteiger partial charge in [-0.25, -0.2) is 9.59 Å². The fourth-order valence-corrected chi connectivity index (χ4v) is 14.5. The van der Waals surface area contributed by atoms with Gasteiger partial charge in [0.25, 0.3) is 0 Å². The molecule has 4 amide bonds. The number of benzene rings is 9. The molecule has 4 aliphatic heterocycles. The van der Waals surface area contributed by atoms with Crippen LogP contribution in [0.2, 0.25) is 0 Å². The maximum absolute atomic E-state index is 15.2. The van der Waals surface area contributed by atoms with E-state index in [4.69, 9.17) is 18.1 Å². The summed E-state index contributed by atoms with van der Waals surface area (Å²) >= 11 is 0. The molecule has 4 aliphatic rings. The molecule has 9 aromatic rings. The van der Waals surface area contributed by atoms with Crippen molar-refractivity contribution in [3.8, 4) is 23.0 Å². The van der Waals surface area contributed by atoms with Gasteiger partial charge < -0.3 is 37.7 Å². The topological polar surface area (TPSA) is 84.0 Å². The van der Waals surface area contributed by atoms with E-state index in [1.165, 1.54) is 0 Å². The Hall–Kier alpha value is -8.42. The lowest BCUT2D eigenvalue weighted by atomic mass is 9.91. The van der Waals surface area contributed by atoms with Crippen LogP contribution in [0.15, 0.2) is 243 Å². The number of carbonyl (C=O) groups excluding carboxylic acids is 2. The second-order valence-electron chi connectivity index (χ2n) is 19.3. The predicted octanol–water partition coefficient (Wildman–Crippen LogP) is 14.3. The fraction of sp³-hybridized carbons (Fsp3) is 0.125. The van der Waals surface area contributed by atoms with Crippen LogP contribution in [0, 0.1) is 0 Å². The van der Waals surface area contributed by atoms with Crippen LogP contribution in [-0.2, 0) is 26.2 Å². The molecule has 0 unspecified atom stereocenters. The molecular weight excluding hydrogens is 983 g/mol. The smallest absolute Gasteiger partial charge is 0.327 e. The third-order valence-electron chi connectivity index (χ3n) is 14.7. The number of hydrogen-bond donors (Lipinski definition) is 0. The number of para-hydroxylation sites is 4. The third-order valence-corrected chi connectivity index (χ3v) is 17.9. The molecule has 0 N–H and O–H groups in total. The van der Waals surface area contributed by atoms with Crippen molar-refractivity contribution in [3.63, 3.8) is 0 Å². The highest BCUT2D eigenvalue weighted by Crippen LogP contribution is 2.58. The Kier molecular flexibility index (Phi) is 12.9. The molecular formula is C64H52N4O6P2. The van der Waals surface area contributed by atoms with Gasteiger partial charge in [-0.15, -0.1) is 0 Å². The number of fused-ring (bicyclic) bond motifs is 10. The van der Waals surface area contributed by atoms with Crippen LogP contribution in [0.25, 0.3) is 0 Å². The van der Waals surface area contributed by atoms with Crippen LogP contribution in [0.5, 0.6) is 23.0 Å². The summed E-state index contributed by atoms with van der Waals surface area (Å²) in [5.41, 5.74) is 7.61. The van der Waals surface area contributed by atoms with E-state index in [0.717, 1.165) is 55.1 Å². The molecule has 12 heteroatoms. The van der Waals surface area contributed by atoms with Crippen molar-refractivity contribution in [3.05, 3.63) is 287 Å². The van der Waals surface area contributed by atoms with Crippen LogP contribution in [0.1, 0.15) is 68.7 Å². The summed E-state index contributed by atoms with van der Waals surface area (Å²) in [6.07, 6.45) is 0. The zero-order valence-corrected chi connectivity index (χ0v) is 43.2. The van der Waals surface area contributed by atoms with Crippen LogP contribution in [0.4, 0.5) is 9.59 Å². The second kappa shape index (κ2) is 20.7. The molecule has 0 aliphatic carbocycles. The Morgan fingerprint density at radius 1 is 0.276 bits per heavy atom. The van der Waals surface area contributed by atoms with Crippen molar-refractivity contribution in [1.82, 2.24) is 19.6 Å². The highest BCUT2D eigenvalue weighted by atomic mass is 31.2. The lowest BCUT2D eigenvalue weighted by molar-refractivity contribution is 0.180. The van der Waals surface area contributed by atoms with Gasteiger partial charge in [0.1, 0.15) is 23.0 Å². The molecule has 0 bridgehead atoms. The van der Waals surface area contributed by atoms with Gasteiger partial charge in [0.15, 0.2) is 0 Å². The zero-order chi connectivity index (χ0) is 51.0. The first-order valence-corrected chi connectivity index (χ1v) is 28.0. The van der Waals surface area contributed by atoms with Gasteiger partial charge in [0, 0.05) is 48.4 Å². The first-order chi connectivity index (χ1) is 37.5. The van der Waals surface area contributed by atoms with E-state index in [-0.39, 0.29) is 12.1 Å². The molecule has 0 radical (unpaired) electrons. The van der Waals surface area contributed by atoms with Crippen LogP contribution in [0.3, 0.4) is 0 Å². The van der Waals surface area contributed by atoms with E-state index < -0.39 is 40.9 Å². The molecule has 0 saturated carbocycles. The lowest BCUT2D eigenvalue weighted by Gasteiger charge is -2.29. The first-order valence-electron chi connectivity index (χ1n) is 25.6. The standard InChI is InChI=1S/C64H52N4O6P2/c69-63-65(41-45-23-5-1-6-24-45)59-49-31-13-17-35-53(49)71-75(72-54-36-18-14-32-50(54)60(59)66(63)42-46-25-7-2-8-26-46)57-39-21-22-40-58(57)76-73-55-37-19-15-33-51(55)61-62(52-34-16-20-38-56(52)74-76)68(44-48-29-11-4-12-30-48)64(70)67(61)43-47-27-9-3-10-28-47/h1-40,59-62H,41-44H2/t59-,60-,61-,62-/m1/s1. The molecule has 2 saturated heterocycles. The average Bonchev–Trinajstić information content (AvgIpc) is 3.98. The highest BCUT2D eigenvalue weighted by Gasteiger charge is 2.52. The molecule has 9 aromatic carbocycles. The summed E-state index contributed by atoms with van der Waals surface area (Å²) in [4.78, 5) is 38.3. The number of hydrogen-bond acceptors (Lipinski definition) is 6. The molecule has 374 valence electrons. The minimum absolute atomic E-state index is 0.0711. The number of amides is 4. The van der Waals surface area contributed by atoms with Gasteiger partial charge in [-0.05, 0) is 58.7 Å². The SMILES string of the molecule is O=C1N(Cc2ccccc2)[C@@H]2c3ccccc3OP(c3ccccc3P3Oc4ccccc4[C@@H]4[C@@H](c5ccccc5O3)N(Cc3ccccc3)C(=O)N4Cc3ccccc3)Oc3ccccc3[C@H]2N1Cc1ccccc1. The van der Waals surface area contributed by atoms with Gasteiger partial charge in [0.05, 0.1) is 34.8 Å². The minimum atomic E-state index is -1.97. The normalized spacial score (nSPS) is 19.0. The zero-order valence-electron chi connectivity index (χ0n) is 41.4. The summed E-state index contributed by atoms with van der Waals surface area (Å²) in [6, 6.07) is 79.1. The Labute approximate surface area is 445 Å². The molecule has 0 aromatic heterocycles. The first kappa shape index (κ1) is 47.3. The van der Waals surface area contributed by atoms with Gasteiger partial charge in [-0.3, -0.25) is 0 Å². The number of urea groups is 2. The van der Waals surface area contributed by atoms with Crippen molar-refractivity contribution in [1.29, 1.82) is 0 Å². The van der Waals surface area contributed by atoms with Crippen molar-refractivity contribution in [2.75, 3.05) is 0 Å². The Morgan fingerprint density at radius 2 is 0.487 bits per heavy atom. The maximum atomic E-state index is 15.2. The Bertz CT molecular complexity index is 3100. The molecule has 76 heavy (non-hydrogen) atoms. The quantitative estimate of drug-likeness (QED) is 0.127. The summed E-state index contributed by atoms with van der Waals surface area (Å²) in [6.45, 7) is 1.58. The molecule has 4 atom stereocenters. The summed E-state index contributed by atoms with van der Waals surface area (Å²) in [5.74, 6) is 2.47. The third kappa shape index (κ3) is 8.97. The van der Waals surface area contributed by atoms with Gasteiger partial charge in [0.2, 0.25) is 0 Å². The number of rotatable bonds is 10. The molecule has 13 rings (SSSR count). The van der Waals surface area contributed by atoms with Gasteiger partial charge in [-0.2, -0.15) is 0 Å². The number of carbonyl (C=O) groups is 2. The Morgan fingerprint density at radius 3 is 0.737 bits per heavy atom. The molecule has 0 spiro atoms. The van der Waals surface area contributed by atoms with Crippen molar-refractivity contribution in [2.45, 2.75) is 50.3 Å². The van der Waals surface area contributed by atoms with E-state index in [2.05, 4.69) is 72.8 Å². The van der Waals surface area contributed by atoms with E-state index in [1.54, 1.807) is 0 Å². The Balaban J connectivity index is 0.939. The van der Waals surface area contributed by atoms with E-state index >= 15 is 9.59 Å². The number of nitrogens with zero attached hydrogens (tertiary/aromatic N) is 4. The van der Waals surface area contributed by atoms with E-state index in [0.29, 0.717) is 49.2 Å². The van der Waals surface area contributed by atoms with Gasteiger partial charge >= 0.3 is 28.8 Å². The van der Waals surface area contributed by atoms with E-state index in [1.807, 2.05) is 189 Å². The lowest BCUT2D eigenvalue weighted by Crippen LogP contribution is -2.32. The fourth-order valence-electron chi connectivity index (χ4n) is 11.2. The van der Waals surface area contributed by atoms with Crippen molar-refractivity contribution < 1.29 is 27.7 Å². The largest absolute Gasteiger partial charge is 0.435 e. The van der Waals surface area contributed by atoms with E-state index in [9.17, 15) is 0 Å². The maximum Gasteiger partial charge on any atom is 0.327 e. The molecule has 4 heterocycles. The van der Waals surface area contributed by atoms with Crippen LogP contribution in [-0.4, -0.2) is 31.7 Å². The van der Waals surface area contributed by atoms with Crippen molar-refractivity contribution in [2.24, 2.45) is 0 Å². The summed E-state index contributed by atoms with van der Waals surface area (Å²) in [7, 11) is -3.94. The summed E-state index contributed by atoms with van der Waals surface area (Å²) in [5, 5.41) is 1.55. The highest BCUT2D eigenvalue weighted by molar-refractivity contribution is 7.63. The molecule has 10 nitrogen and oxygen atoms in total. The van der Waals surface area contributed by atoms with Gasteiger partial charge in [-0.1, -0.05) is 206 Å². The summed E-state index contributed by atoms with van der Waals surface area (Å²) < 4.78 is 29.4. The van der Waals surface area contributed by atoms with Crippen LogP contribution >= 0.6 is 16.8 Å².